The molecule has 6 nitrogen and oxygen atoms in total. The summed E-state index contributed by atoms with van der Waals surface area (Å²) in [7, 11) is 1.61. The number of hydrogen-bond acceptors (Lipinski definition) is 4. The van der Waals surface area contributed by atoms with Crippen molar-refractivity contribution in [2.75, 3.05) is 32.1 Å². The van der Waals surface area contributed by atoms with Crippen molar-refractivity contribution in [2.45, 2.75) is 19.4 Å². The Bertz CT molecular complexity index is 962. The van der Waals surface area contributed by atoms with Gasteiger partial charge in [0.15, 0.2) is 0 Å². The van der Waals surface area contributed by atoms with Crippen molar-refractivity contribution in [2.24, 2.45) is 5.92 Å². The molecule has 1 aliphatic rings. The maximum atomic E-state index is 12.5. The van der Waals surface area contributed by atoms with E-state index in [-0.39, 0.29) is 5.91 Å². The summed E-state index contributed by atoms with van der Waals surface area (Å²) in [6.45, 7) is 3.23. The highest BCUT2D eigenvalue weighted by Gasteiger charge is 2.22. The second-order valence-electron chi connectivity index (χ2n) is 7.74. The molecule has 0 aliphatic carbocycles. The Kier molecular flexibility index (Phi) is 6.44. The van der Waals surface area contributed by atoms with Gasteiger partial charge in [0.25, 0.3) is 0 Å². The molecule has 3 aromatic rings. The number of carbonyl (C=O) groups excluding carboxylic acids is 1. The molecule has 0 bridgehead atoms. The monoisotopic (exact) mass is 404 g/mol. The fraction of sp³-hybridized carbons (Fsp3) is 0.333. The number of anilines is 1. The molecule has 6 heteroatoms. The average Bonchev–Trinajstić information content (AvgIpc) is 3.24. The minimum atomic E-state index is -0.000997. The van der Waals surface area contributed by atoms with E-state index in [2.05, 4.69) is 38.1 Å². The number of nitrogens with one attached hydrogen (secondary N) is 1. The van der Waals surface area contributed by atoms with Gasteiger partial charge < -0.3 is 14.6 Å². The third-order valence-electron chi connectivity index (χ3n) is 5.66. The third-order valence-corrected chi connectivity index (χ3v) is 5.66. The number of nitrogens with zero attached hydrogens (tertiary/aromatic N) is 3. The van der Waals surface area contributed by atoms with Gasteiger partial charge >= 0.3 is 0 Å². The topological polar surface area (TPSA) is 59.4 Å². The molecule has 0 saturated carbocycles. The van der Waals surface area contributed by atoms with Gasteiger partial charge in [-0.15, -0.1) is 0 Å². The molecule has 1 saturated heterocycles. The number of benzene rings is 2. The molecule has 1 fully saturated rings. The lowest BCUT2D eigenvalue weighted by molar-refractivity contribution is -0.117. The van der Waals surface area contributed by atoms with Crippen molar-refractivity contribution >= 4 is 11.6 Å². The number of imidazole rings is 1. The first kappa shape index (κ1) is 20.2. The number of carbonyl (C=O) groups is 1. The minimum absolute atomic E-state index is 0.000997. The van der Waals surface area contributed by atoms with Crippen LogP contribution in [0.1, 0.15) is 12.8 Å². The van der Waals surface area contributed by atoms with E-state index in [1.807, 2.05) is 48.7 Å². The van der Waals surface area contributed by atoms with Gasteiger partial charge in [0, 0.05) is 24.5 Å². The maximum absolute atomic E-state index is 12.5. The van der Waals surface area contributed by atoms with Crippen molar-refractivity contribution in [1.82, 2.24) is 14.5 Å². The van der Waals surface area contributed by atoms with Crippen LogP contribution in [0.2, 0.25) is 0 Å². The normalized spacial score (nSPS) is 15.1. The standard InChI is InChI=1S/C24H28N4O2/c1-30-22-10-6-5-9-21(22)26-23(29)18-27-14-11-19(12-15-27)17-28-16-13-25-24(28)20-7-3-2-4-8-20/h2-10,13,16,19H,11-12,14-15,17-18H2,1H3,(H,26,29). The number of rotatable bonds is 7. The first-order chi connectivity index (χ1) is 14.7. The van der Waals surface area contributed by atoms with Crippen molar-refractivity contribution in [1.29, 1.82) is 0 Å². The maximum Gasteiger partial charge on any atom is 0.238 e. The predicted octanol–water partition coefficient (Wildman–Crippen LogP) is 3.91. The molecule has 1 aliphatic heterocycles. The smallest absolute Gasteiger partial charge is 0.238 e. The van der Waals surface area contributed by atoms with Crippen LogP contribution in [0.15, 0.2) is 67.0 Å². The van der Waals surface area contributed by atoms with Crippen molar-refractivity contribution < 1.29 is 9.53 Å². The fourth-order valence-electron chi connectivity index (χ4n) is 4.05. The quantitative estimate of drug-likeness (QED) is 0.649. The van der Waals surface area contributed by atoms with E-state index in [0.29, 0.717) is 23.9 Å². The van der Waals surface area contributed by atoms with Crippen LogP contribution in [0.5, 0.6) is 5.75 Å². The molecule has 2 heterocycles. The second kappa shape index (κ2) is 9.59. The summed E-state index contributed by atoms with van der Waals surface area (Å²) in [5, 5.41) is 2.96. The summed E-state index contributed by atoms with van der Waals surface area (Å²) >= 11 is 0. The molecule has 156 valence electrons. The highest BCUT2D eigenvalue weighted by molar-refractivity contribution is 5.93. The summed E-state index contributed by atoms with van der Waals surface area (Å²) in [5.41, 5.74) is 1.86. The molecule has 4 rings (SSSR count). The highest BCUT2D eigenvalue weighted by Crippen LogP contribution is 2.25. The van der Waals surface area contributed by atoms with Crippen LogP contribution < -0.4 is 10.1 Å². The van der Waals surface area contributed by atoms with Crippen molar-refractivity contribution in [3.05, 3.63) is 67.0 Å². The Balaban J connectivity index is 1.28. The first-order valence-corrected chi connectivity index (χ1v) is 10.4. The fourth-order valence-corrected chi connectivity index (χ4v) is 4.05. The first-order valence-electron chi connectivity index (χ1n) is 10.4. The van der Waals surface area contributed by atoms with Gasteiger partial charge in [-0.25, -0.2) is 4.98 Å². The highest BCUT2D eigenvalue weighted by atomic mass is 16.5. The number of methoxy groups -OCH3 is 1. The second-order valence-corrected chi connectivity index (χ2v) is 7.74. The molecule has 1 amide bonds. The molecule has 0 unspecified atom stereocenters. The van der Waals surface area contributed by atoms with Gasteiger partial charge in [-0.1, -0.05) is 42.5 Å². The number of para-hydroxylation sites is 2. The predicted molar refractivity (Wildman–Crippen MR) is 118 cm³/mol. The summed E-state index contributed by atoms with van der Waals surface area (Å²) in [6, 6.07) is 17.8. The zero-order chi connectivity index (χ0) is 20.8. The van der Waals surface area contributed by atoms with Crippen LogP contribution in [-0.4, -0.2) is 47.1 Å². The van der Waals surface area contributed by atoms with Gasteiger partial charge in [-0.3, -0.25) is 9.69 Å². The number of aromatic nitrogens is 2. The summed E-state index contributed by atoms with van der Waals surface area (Å²) in [5.74, 6) is 2.29. The van der Waals surface area contributed by atoms with Crippen LogP contribution >= 0.6 is 0 Å². The summed E-state index contributed by atoms with van der Waals surface area (Å²) < 4.78 is 7.56. The zero-order valence-corrected chi connectivity index (χ0v) is 17.3. The Labute approximate surface area is 177 Å². The van der Waals surface area contributed by atoms with E-state index in [0.717, 1.165) is 43.9 Å². The number of piperidine rings is 1. The summed E-state index contributed by atoms with van der Waals surface area (Å²) in [6.07, 6.45) is 6.09. The van der Waals surface area contributed by atoms with E-state index in [4.69, 9.17) is 4.74 Å². The lowest BCUT2D eigenvalue weighted by Gasteiger charge is -2.31. The van der Waals surface area contributed by atoms with Gasteiger partial charge in [0.05, 0.1) is 19.3 Å². The molecule has 2 aromatic carbocycles. The molecule has 1 aromatic heterocycles. The van der Waals surface area contributed by atoms with Crippen LogP contribution in [0.25, 0.3) is 11.4 Å². The Morgan fingerprint density at radius 2 is 1.83 bits per heavy atom. The van der Waals surface area contributed by atoms with Crippen molar-refractivity contribution in [3.8, 4) is 17.1 Å². The molecule has 0 atom stereocenters. The number of likely N-dealkylation sites (tertiary alicyclic amines) is 1. The van der Waals surface area contributed by atoms with Crippen molar-refractivity contribution in [3.63, 3.8) is 0 Å². The lowest BCUT2D eigenvalue weighted by Crippen LogP contribution is -2.40. The Hall–Kier alpha value is -3.12. The van der Waals surface area contributed by atoms with Gasteiger partial charge in [-0.05, 0) is 44.0 Å². The largest absolute Gasteiger partial charge is 0.495 e. The Morgan fingerprint density at radius 1 is 1.10 bits per heavy atom. The molecular weight excluding hydrogens is 376 g/mol. The van der Waals surface area contributed by atoms with E-state index in [9.17, 15) is 4.79 Å². The van der Waals surface area contributed by atoms with Crippen LogP contribution in [0.4, 0.5) is 5.69 Å². The van der Waals surface area contributed by atoms with Crippen LogP contribution in [-0.2, 0) is 11.3 Å². The molecular formula is C24H28N4O2. The van der Waals surface area contributed by atoms with Crippen LogP contribution in [0, 0.1) is 5.92 Å². The number of hydrogen-bond donors (Lipinski definition) is 1. The Morgan fingerprint density at radius 3 is 2.60 bits per heavy atom. The van der Waals surface area contributed by atoms with Gasteiger partial charge in [-0.2, -0.15) is 0 Å². The van der Waals surface area contributed by atoms with E-state index in [1.54, 1.807) is 7.11 Å². The van der Waals surface area contributed by atoms with E-state index < -0.39 is 0 Å². The molecule has 30 heavy (non-hydrogen) atoms. The van der Waals surface area contributed by atoms with E-state index in [1.165, 1.54) is 0 Å². The van der Waals surface area contributed by atoms with Crippen LogP contribution in [0.3, 0.4) is 0 Å². The summed E-state index contributed by atoms with van der Waals surface area (Å²) in [4.78, 5) is 19.2. The number of ether oxygens (including phenoxy) is 1. The lowest BCUT2D eigenvalue weighted by atomic mass is 9.96. The van der Waals surface area contributed by atoms with E-state index >= 15 is 0 Å². The molecule has 1 N–H and O–H groups in total. The molecule has 0 spiro atoms. The van der Waals surface area contributed by atoms with Gasteiger partial charge in [0.2, 0.25) is 5.91 Å². The number of amides is 1. The third kappa shape index (κ3) is 4.89. The van der Waals surface area contributed by atoms with Gasteiger partial charge in [0.1, 0.15) is 11.6 Å². The SMILES string of the molecule is COc1ccccc1NC(=O)CN1CCC(Cn2ccnc2-c2ccccc2)CC1. The zero-order valence-electron chi connectivity index (χ0n) is 17.3. The molecule has 0 radical (unpaired) electrons. The average molecular weight is 405 g/mol. The minimum Gasteiger partial charge on any atom is -0.495 e.